The van der Waals surface area contributed by atoms with E-state index in [4.69, 9.17) is 28.9 Å². The highest BCUT2D eigenvalue weighted by Crippen LogP contribution is 2.23. The van der Waals surface area contributed by atoms with Gasteiger partial charge in [-0.1, -0.05) is 65.2 Å². The van der Waals surface area contributed by atoms with E-state index in [0.717, 1.165) is 27.9 Å². The topological polar surface area (TPSA) is 113 Å². The minimum Gasteiger partial charge on any atom is -0.384 e. The second-order valence-corrected chi connectivity index (χ2v) is 9.25. The molecule has 0 saturated carbocycles. The van der Waals surface area contributed by atoms with Crippen LogP contribution in [0.15, 0.2) is 72.9 Å². The number of aromatic amines is 1. The highest BCUT2D eigenvalue weighted by atomic mass is 35.5. The highest BCUT2D eigenvalue weighted by molar-refractivity contribution is 6.42. The molecule has 7 nitrogen and oxygen atoms in total. The Balaban J connectivity index is 1.50. The number of hydrogen-bond acceptors (Lipinski definition) is 4. The van der Waals surface area contributed by atoms with Crippen LogP contribution in [-0.4, -0.2) is 27.8 Å². The third kappa shape index (κ3) is 6.44. The summed E-state index contributed by atoms with van der Waals surface area (Å²) in [7, 11) is 0. The fourth-order valence-corrected chi connectivity index (χ4v) is 3.95. The van der Waals surface area contributed by atoms with Crippen LogP contribution in [0.5, 0.6) is 0 Å². The van der Waals surface area contributed by atoms with Crippen LogP contribution in [0.2, 0.25) is 10.0 Å². The van der Waals surface area contributed by atoms with E-state index < -0.39 is 11.9 Å². The predicted molar refractivity (Wildman–Crippen MR) is 143 cm³/mol. The predicted octanol–water partition coefficient (Wildman–Crippen LogP) is 4.93. The van der Waals surface area contributed by atoms with Gasteiger partial charge in [0, 0.05) is 24.9 Å². The van der Waals surface area contributed by atoms with Crippen molar-refractivity contribution in [3.05, 3.63) is 105 Å². The molecule has 0 aliphatic heterocycles. The van der Waals surface area contributed by atoms with Crippen LogP contribution in [0.3, 0.4) is 0 Å². The summed E-state index contributed by atoms with van der Waals surface area (Å²) in [5, 5.41) is 6.48. The van der Waals surface area contributed by atoms with Crippen LogP contribution < -0.4 is 16.4 Å². The lowest BCUT2D eigenvalue weighted by Crippen LogP contribution is -2.48. The molecular weight excluding hydrogens is 497 g/mol. The van der Waals surface area contributed by atoms with Gasteiger partial charge in [-0.2, -0.15) is 0 Å². The van der Waals surface area contributed by atoms with E-state index in [1.165, 1.54) is 0 Å². The lowest BCUT2D eigenvalue weighted by atomic mass is 10.0. The third-order valence-corrected chi connectivity index (χ3v) is 6.39. The number of amides is 2. The van der Waals surface area contributed by atoms with Crippen LogP contribution in [0.25, 0.3) is 11.3 Å². The number of pyridine rings is 1. The van der Waals surface area contributed by atoms with Crippen molar-refractivity contribution in [3.63, 3.8) is 0 Å². The van der Waals surface area contributed by atoms with Crippen molar-refractivity contribution in [1.29, 1.82) is 0 Å². The van der Waals surface area contributed by atoms with Crippen molar-refractivity contribution in [3.8, 4) is 11.3 Å². The number of halogens is 2. The van der Waals surface area contributed by atoms with E-state index in [1.54, 1.807) is 42.6 Å². The van der Waals surface area contributed by atoms with Crippen LogP contribution >= 0.6 is 23.2 Å². The Morgan fingerprint density at radius 3 is 2.42 bits per heavy atom. The Morgan fingerprint density at radius 2 is 1.72 bits per heavy atom. The average molecular weight is 522 g/mol. The van der Waals surface area contributed by atoms with Crippen molar-refractivity contribution in [1.82, 2.24) is 20.6 Å². The van der Waals surface area contributed by atoms with E-state index in [-0.39, 0.29) is 18.9 Å². The number of carbonyl (C=O) groups excluding carboxylic acids is 2. The number of nitrogens with one attached hydrogen (secondary N) is 3. The molecule has 2 aromatic carbocycles. The fourth-order valence-electron chi connectivity index (χ4n) is 3.63. The minimum absolute atomic E-state index is 0.222. The first-order chi connectivity index (χ1) is 17.3. The summed E-state index contributed by atoms with van der Waals surface area (Å²) in [4.78, 5) is 33.4. The first-order valence-electron chi connectivity index (χ1n) is 11.3. The largest absolute Gasteiger partial charge is 0.384 e. The van der Waals surface area contributed by atoms with Gasteiger partial charge in [0.25, 0.3) is 5.91 Å². The molecular formula is C27H25Cl2N5O2. The van der Waals surface area contributed by atoms with E-state index in [1.807, 2.05) is 37.3 Å². The van der Waals surface area contributed by atoms with E-state index in [2.05, 4.69) is 20.6 Å². The molecule has 5 N–H and O–H groups in total. The van der Waals surface area contributed by atoms with Gasteiger partial charge in [0.1, 0.15) is 17.6 Å². The molecule has 0 saturated heterocycles. The molecule has 0 unspecified atom stereocenters. The Hall–Kier alpha value is -3.81. The molecule has 0 spiro atoms. The van der Waals surface area contributed by atoms with Crippen molar-refractivity contribution < 1.29 is 9.59 Å². The van der Waals surface area contributed by atoms with Gasteiger partial charge < -0.3 is 21.4 Å². The van der Waals surface area contributed by atoms with Gasteiger partial charge >= 0.3 is 0 Å². The molecule has 0 bridgehead atoms. The molecule has 2 aromatic heterocycles. The standard InChI is InChI=1S/C27H25Cl2N5O2/c1-16-2-6-19(7-3-16)22-9-10-23(33-22)27(36)34-24(13-17-4-8-20(28)21(29)12-17)26(35)32-15-18-5-11-25(30)31-14-18/h2-12,14,24,33H,13,15H2,1H3,(H2,30,31)(H,32,35)(H,34,36)/t24-/m0/s1. The van der Waals surface area contributed by atoms with Crippen LogP contribution in [0.4, 0.5) is 5.82 Å². The van der Waals surface area contributed by atoms with Crippen molar-refractivity contribution in [2.45, 2.75) is 25.9 Å². The number of nitrogen functional groups attached to an aromatic ring is 1. The molecule has 9 heteroatoms. The average Bonchev–Trinajstić information content (AvgIpc) is 3.36. The van der Waals surface area contributed by atoms with Gasteiger partial charge in [-0.05, 0) is 53.9 Å². The number of nitrogens with two attached hydrogens (primary N) is 1. The molecule has 0 aliphatic rings. The number of carbonyl (C=O) groups is 2. The molecule has 4 rings (SSSR count). The molecule has 1 atom stereocenters. The third-order valence-electron chi connectivity index (χ3n) is 5.65. The van der Waals surface area contributed by atoms with E-state index in [0.29, 0.717) is 21.6 Å². The van der Waals surface area contributed by atoms with Gasteiger partial charge in [0.2, 0.25) is 5.91 Å². The van der Waals surface area contributed by atoms with Crippen LogP contribution in [0.1, 0.15) is 27.2 Å². The molecule has 0 radical (unpaired) electrons. The van der Waals surface area contributed by atoms with Gasteiger partial charge in [0.05, 0.1) is 10.0 Å². The maximum absolute atomic E-state index is 13.1. The zero-order valence-electron chi connectivity index (χ0n) is 19.5. The summed E-state index contributed by atoms with van der Waals surface area (Å²) >= 11 is 12.2. The molecule has 2 heterocycles. The summed E-state index contributed by atoms with van der Waals surface area (Å²) in [5.74, 6) is -0.356. The Kier molecular flexibility index (Phi) is 7.93. The highest BCUT2D eigenvalue weighted by Gasteiger charge is 2.23. The number of anilines is 1. The number of nitrogens with zero attached hydrogens (tertiary/aromatic N) is 1. The van der Waals surface area contributed by atoms with Gasteiger partial charge in [0.15, 0.2) is 0 Å². The van der Waals surface area contributed by atoms with Crippen molar-refractivity contribution in [2.75, 3.05) is 5.73 Å². The molecule has 4 aromatic rings. The van der Waals surface area contributed by atoms with Gasteiger partial charge in [-0.25, -0.2) is 4.98 Å². The molecule has 36 heavy (non-hydrogen) atoms. The van der Waals surface area contributed by atoms with Crippen molar-refractivity contribution in [2.24, 2.45) is 0 Å². The number of aromatic nitrogens is 2. The van der Waals surface area contributed by atoms with E-state index in [9.17, 15) is 9.59 Å². The molecule has 2 amide bonds. The van der Waals surface area contributed by atoms with Crippen LogP contribution in [0, 0.1) is 6.92 Å². The lowest BCUT2D eigenvalue weighted by molar-refractivity contribution is -0.123. The summed E-state index contributed by atoms with van der Waals surface area (Å²) in [6, 6.07) is 19.2. The Bertz CT molecular complexity index is 1370. The summed E-state index contributed by atoms with van der Waals surface area (Å²) in [6.07, 6.45) is 1.81. The number of benzene rings is 2. The zero-order chi connectivity index (χ0) is 25.7. The number of aryl methyl sites for hydroxylation is 1. The van der Waals surface area contributed by atoms with E-state index >= 15 is 0 Å². The lowest BCUT2D eigenvalue weighted by Gasteiger charge is -2.19. The fraction of sp³-hybridized carbons (Fsp3) is 0.148. The normalized spacial score (nSPS) is 11.6. The SMILES string of the molecule is Cc1ccc(-c2ccc(C(=O)N[C@@H](Cc3ccc(Cl)c(Cl)c3)C(=O)NCc3ccc(N)nc3)[nH]2)cc1. The maximum Gasteiger partial charge on any atom is 0.268 e. The second kappa shape index (κ2) is 11.3. The quantitative estimate of drug-likeness (QED) is 0.263. The van der Waals surface area contributed by atoms with Gasteiger partial charge in [-0.15, -0.1) is 0 Å². The molecule has 184 valence electrons. The first-order valence-corrected chi connectivity index (χ1v) is 12.0. The summed E-state index contributed by atoms with van der Waals surface area (Å²) < 4.78 is 0. The number of rotatable bonds is 8. The minimum atomic E-state index is -0.859. The number of H-pyrrole nitrogens is 1. The van der Waals surface area contributed by atoms with Gasteiger partial charge in [-0.3, -0.25) is 9.59 Å². The second-order valence-electron chi connectivity index (χ2n) is 8.44. The smallest absolute Gasteiger partial charge is 0.268 e. The summed E-state index contributed by atoms with van der Waals surface area (Å²) in [6.45, 7) is 2.25. The van der Waals surface area contributed by atoms with Crippen LogP contribution in [-0.2, 0) is 17.8 Å². The van der Waals surface area contributed by atoms with Crippen molar-refractivity contribution >= 4 is 40.8 Å². The zero-order valence-corrected chi connectivity index (χ0v) is 21.0. The maximum atomic E-state index is 13.1. The Morgan fingerprint density at radius 1 is 0.972 bits per heavy atom. The Labute approximate surface area is 219 Å². The summed E-state index contributed by atoms with van der Waals surface area (Å²) in [5.41, 5.74) is 10.4. The number of hydrogen-bond donors (Lipinski definition) is 4. The monoisotopic (exact) mass is 521 g/mol. The molecule has 0 aliphatic carbocycles. The first kappa shape index (κ1) is 25.3. The molecule has 0 fully saturated rings.